The van der Waals surface area contributed by atoms with Crippen LogP contribution in [0.1, 0.15) is 10.4 Å². The molecule has 0 fully saturated rings. The van der Waals surface area contributed by atoms with Crippen LogP contribution >= 0.6 is 34.2 Å². The fourth-order valence-corrected chi connectivity index (χ4v) is 2.28. The van der Waals surface area contributed by atoms with Gasteiger partial charge in [-0.1, -0.05) is 23.7 Å². The zero-order valence-electron chi connectivity index (χ0n) is 8.65. The Hall–Kier alpha value is -1.07. The molecule has 0 atom stereocenters. The van der Waals surface area contributed by atoms with E-state index in [-0.39, 0.29) is 5.56 Å². The van der Waals surface area contributed by atoms with Crippen molar-refractivity contribution in [1.29, 1.82) is 0 Å². The summed E-state index contributed by atoms with van der Waals surface area (Å²) < 4.78 is 1.01. The third-order valence-corrected chi connectivity index (χ3v) is 3.56. The summed E-state index contributed by atoms with van der Waals surface area (Å²) in [5, 5.41) is 9.63. The molecule has 0 aliphatic rings. The van der Waals surface area contributed by atoms with E-state index in [0.717, 1.165) is 14.7 Å². The Kier molecular flexibility index (Phi) is 3.69. The van der Waals surface area contributed by atoms with Gasteiger partial charge >= 0.3 is 5.97 Å². The highest BCUT2D eigenvalue weighted by Crippen LogP contribution is 2.27. The van der Waals surface area contributed by atoms with Crippen molar-refractivity contribution in [2.24, 2.45) is 0 Å². The molecule has 0 saturated heterocycles. The van der Waals surface area contributed by atoms with Crippen molar-refractivity contribution in [3.63, 3.8) is 0 Å². The lowest BCUT2D eigenvalue weighted by atomic mass is 10.0. The Morgan fingerprint density at radius 2 is 1.76 bits per heavy atom. The summed E-state index contributed by atoms with van der Waals surface area (Å²) in [6.07, 6.45) is 0. The number of aromatic carboxylic acids is 1. The molecule has 0 unspecified atom stereocenters. The quantitative estimate of drug-likeness (QED) is 0.812. The van der Waals surface area contributed by atoms with E-state index in [1.165, 1.54) is 0 Å². The summed E-state index contributed by atoms with van der Waals surface area (Å²) in [7, 11) is 0. The molecule has 0 amide bonds. The topological polar surface area (TPSA) is 37.3 Å². The van der Waals surface area contributed by atoms with Crippen molar-refractivity contribution in [3.05, 3.63) is 56.6 Å². The van der Waals surface area contributed by atoms with Crippen LogP contribution in [0.25, 0.3) is 11.1 Å². The largest absolute Gasteiger partial charge is 0.478 e. The van der Waals surface area contributed by atoms with E-state index in [1.807, 2.05) is 12.1 Å². The number of carboxylic acid groups (broad SMARTS) is 1. The lowest BCUT2D eigenvalue weighted by Crippen LogP contribution is -1.97. The van der Waals surface area contributed by atoms with Gasteiger partial charge < -0.3 is 5.11 Å². The van der Waals surface area contributed by atoms with Crippen molar-refractivity contribution in [3.8, 4) is 11.1 Å². The van der Waals surface area contributed by atoms with E-state index in [9.17, 15) is 4.79 Å². The molecule has 2 aromatic rings. The Labute approximate surface area is 117 Å². The van der Waals surface area contributed by atoms with Crippen LogP contribution in [0.15, 0.2) is 42.5 Å². The molecule has 2 aromatic carbocycles. The first kappa shape index (κ1) is 12.4. The maximum Gasteiger partial charge on any atom is 0.335 e. The van der Waals surface area contributed by atoms with Gasteiger partial charge in [0.05, 0.1) is 5.56 Å². The second-order valence-electron chi connectivity index (χ2n) is 3.51. The van der Waals surface area contributed by atoms with Gasteiger partial charge in [0.1, 0.15) is 0 Å². The molecule has 0 aromatic heterocycles. The van der Waals surface area contributed by atoms with Crippen LogP contribution in [0.2, 0.25) is 5.02 Å². The second-order valence-corrected chi connectivity index (χ2v) is 5.11. The fraction of sp³-hybridized carbons (Fsp3) is 0. The van der Waals surface area contributed by atoms with Crippen molar-refractivity contribution in [2.45, 2.75) is 0 Å². The van der Waals surface area contributed by atoms with Gasteiger partial charge in [-0.2, -0.15) is 0 Å². The van der Waals surface area contributed by atoms with E-state index in [4.69, 9.17) is 16.7 Å². The van der Waals surface area contributed by atoms with Crippen LogP contribution in [0.5, 0.6) is 0 Å². The third-order valence-electron chi connectivity index (χ3n) is 2.37. The molecular weight excluding hydrogens is 350 g/mol. The summed E-state index contributed by atoms with van der Waals surface area (Å²) in [6.45, 7) is 0. The van der Waals surface area contributed by atoms with Crippen LogP contribution in [0.3, 0.4) is 0 Å². The van der Waals surface area contributed by atoms with Crippen molar-refractivity contribution in [1.82, 2.24) is 0 Å². The van der Waals surface area contributed by atoms with Gasteiger partial charge in [0.15, 0.2) is 0 Å². The molecule has 0 radical (unpaired) electrons. The molecule has 2 nitrogen and oxygen atoms in total. The first-order valence-electron chi connectivity index (χ1n) is 4.87. The average molecular weight is 359 g/mol. The van der Waals surface area contributed by atoms with Crippen LogP contribution < -0.4 is 0 Å². The van der Waals surface area contributed by atoms with Crippen LogP contribution in [-0.4, -0.2) is 11.1 Å². The minimum Gasteiger partial charge on any atom is -0.478 e. The minimum absolute atomic E-state index is 0.287. The van der Waals surface area contributed by atoms with Gasteiger partial charge in [-0.3, -0.25) is 0 Å². The number of benzene rings is 2. The smallest absolute Gasteiger partial charge is 0.335 e. The van der Waals surface area contributed by atoms with Gasteiger partial charge in [-0.25, -0.2) is 4.79 Å². The first-order chi connectivity index (χ1) is 8.08. The highest BCUT2D eigenvalue weighted by Gasteiger charge is 2.08. The molecule has 0 heterocycles. The van der Waals surface area contributed by atoms with Gasteiger partial charge in [0, 0.05) is 8.59 Å². The average Bonchev–Trinajstić information content (AvgIpc) is 2.31. The third kappa shape index (κ3) is 2.79. The monoisotopic (exact) mass is 358 g/mol. The Bertz CT molecular complexity index is 564. The Balaban J connectivity index is 2.54. The van der Waals surface area contributed by atoms with Crippen molar-refractivity contribution in [2.75, 3.05) is 0 Å². The first-order valence-corrected chi connectivity index (χ1v) is 6.32. The van der Waals surface area contributed by atoms with Crippen molar-refractivity contribution >= 4 is 40.2 Å². The highest BCUT2D eigenvalue weighted by molar-refractivity contribution is 14.1. The minimum atomic E-state index is -0.920. The van der Waals surface area contributed by atoms with E-state index in [1.54, 1.807) is 30.3 Å². The molecule has 0 bridgehead atoms. The number of carboxylic acids is 1. The number of rotatable bonds is 2. The number of carbonyl (C=O) groups is 1. The fourth-order valence-electron chi connectivity index (χ4n) is 1.51. The predicted molar refractivity (Wildman–Crippen MR) is 76.6 cm³/mol. The molecule has 86 valence electrons. The van der Waals surface area contributed by atoms with Gasteiger partial charge in [-0.15, -0.1) is 0 Å². The van der Waals surface area contributed by atoms with E-state index >= 15 is 0 Å². The molecule has 4 heteroatoms. The second kappa shape index (κ2) is 5.06. The lowest BCUT2D eigenvalue weighted by Gasteiger charge is -2.06. The lowest BCUT2D eigenvalue weighted by molar-refractivity contribution is 0.0697. The molecule has 1 N–H and O–H groups in total. The Morgan fingerprint density at radius 3 is 2.35 bits per heavy atom. The standard InChI is InChI=1S/C13H8ClIO2/c14-10-4-1-8(2-5-10)11-7-9(13(16)17)3-6-12(11)15/h1-7H,(H,16,17). The SMILES string of the molecule is O=C(O)c1ccc(I)c(-c2ccc(Cl)cc2)c1. The van der Waals surface area contributed by atoms with Gasteiger partial charge in [0.25, 0.3) is 0 Å². The molecular formula is C13H8ClIO2. The van der Waals surface area contributed by atoms with Crippen LogP contribution in [0.4, 0.5) is 0 Å². The highest BCUT2D eigenvalue weighted by atomic mass is 127. The number of hydrogen-bond donors (Lipinski definition) is 1. The number of halogens is 2. The molecule has 0 saturated carbocycles. The maximum atomic E-state index is 10.9. The van der Waals surface area contributed by atoms with Crippen LogP contribution in [-0.2, 0) is 0 Å². The normalized spacial score (nSPS) is 10.2. The van der Waals surface area contributed by atoms with E-state index in [2.05, 4.69) is 22.6 Å². The van der Waals surface area contributed by atoms with Crippen LogP contribution in [0, 0.1) is 3.57 Å². The summed E-state index contributed by atoms with van der Waals surface area (Å²) in [4.78, 5) is 10.9. The molecule has 0 spiro atoms. The number of hydrogen-bond acceptors (Lipinski definition) is 1. The zero-order chi connectivity index (χ0) is 12.4. The summed E-state index contributed by atoms with van der Waals surface area (Å²) in [5.74, 6) is -0.920. The summed E-state index contributed by atoms with van der Waals surface area (Å²) in [5.41, 5.74) is 2.15. The van der Waals surface area contributed by atoms with Crippen molar-refractivity contribution < 1.29 is 9.90 Å². The zero-order valence-corrected chi connectivity index (χ0v) is 11.6. The summed E-state index contributed by atoms with van der Waals surface area (Å²) >= 11 is 8.01. The van der Waals surface area contributed by atoms with Gasteiger partial charge in [-0.05, 0) is 64.0 Å². The molecule has 17 heavy (non-hydrogen) atoms. The molecule has 0 aliphatic heterocycles. The van der Waals surface area contributed by atoms with E-state index in [0.29, 0.717) is 5.02 Å². The predicted octanol–water partition coefficient (Wildman–Crippen LogP) is 4.31. The van der Waals surface area contributed by atoms with E-state index < -0.39 is 5.97 Å². The summed E-state index contributed by atoms with van der Waals surface area (Å²) in [6, 6.07) is 12.4. The Morgan fingerprint density at radius 1 is 1.12 bits per heavy atom. The maximum absolute atomic E-state index is 10.9. The molecule has 0 aliphatic carbocycles. The van der Waals surface area contributed by atoms with Gasteiger partial charge in [0.2, 0.25) is 0 Å². The molecule has 2 rings (SSSR count).